The Labute approximate surface area is 113 Å². The molecule has 0 unspecified atom stereocenters. The van der Waals surface area contributed by atoms with Crippen LogP contribution in [0.2, 0.25) is 0 Å². The SMILES string of the molecule is CCOC(=O)CCCCC[C@H](C)CCC=C(C)C. The average Bonchev–Trinajstić information content (AvgIpc) is 2.28. The van der Waals surface area contributed by atoms with Crippen LogP contribution in [-0.4, -0.2) is 12.6 Å². The lowest BCUT2D eigenvalue weighted by atomic mass is 9.97. The van der Waals surface area contributed by atoms with Crippen molar-refractivity contribution in [2.24, 2.45) is 5.92 Å². The van der Waals surface area contributed by atoms with Gasteiger partial charge in [-0.3, -0.25) is 4.79 Å². The quantitative estimate of drug-likeness (QED) is 0.315. The van der Waals surface area contributed by atoms with E-state index in [0.717, 1.165) is 18.8 Å². The highest BCUT2D eigenvalue weighted by atomic mass is 16.5. The van der Waals surface area contributed by atoms with Gasteiger partial charge in [0.15, 0.2) is 0 Å². The van der Waals surface area contributed by atoms with Gasteiger partial charge in [-0.05, 0) is 46.0 Å². The summed E-state index contributed by atoms with van der Waals surface area (Å²) in [6.45, 7) is 8.98. The number of carbonyl (C=O) groups is 1. The van der Waals surface area contributed by atoms with Crippen LogP contribution in [-0.2, 0) is 9.53 Å². The monoisotopic (exact) mass is 254 g/mol. The van der Waals surface area contributed by atoms with Gasteiger partial charge in [-0.1, -0.05) is 37.8 Å². The Kier molecular flexibility index (Phi) is 10.8. The van der Waals surface area contributed by atoms with Crippen molar-refractivity contribution in [1.82, 2.24) is 0 Å². The van der Waals surface area contributed by atoms with Crippen LogP contribution in [0, 0.1) is 5.92 Å². The zero-order valence-electron chi connectivity index (χ0n) is 12.6. The first-order chi connectivity index (χ1) is 8.56. The summed E-state index contributed by atoms with van der Waals surface area (Å²) in [6.07, 6.45) is 10.0. The van der Waals surface area contributed by atoms with Crippen LogP contribution in [0.5, 0.6) is 0 Å². The third-order valence-corrected chi connectivity index (χ3v) is 3.10. The molecule has 0 aliphatic carbocycles. The summed E-state index contributed by atoms with van der Waals surface area (Å²) in [5.74, 6) is 0.747. The number of hydrogen-bond donors (Lipinski definition) is 0. The largest absolute Gasteiger partial charge is 0.466 e. The number of ether oxygens (including phenoxy) is 1. The molecule has 0 spiro atoms. The van der Waals surface area contributed by atoms with Crippen molar-refractivity contribution >= 4 is 5.97 Å². The Balaban J connectivity index is 3.37. The number of carbonyl (C=O) groups excluding carboxylic acids is 1. The summed E-state index contributed by atoms with van der Waals surface area (Å²) in [6, 6.07) is 0. The fourth-order valence-electron chi connectivity index (χ4n) is 1.97. The lowest BCUT2D eigenvalue weighted by Gasteiger charge is -2.09. The molecule has 0 rings (SSSR count). The number of allylic oxidation sites excluding steroid dienone is 2. The van der Waals surface area contributed by atoms with E-state index in [9.17, 15) is 4.79 Å². The van der Waals surface area contributed by atoms with Crippen LogP contribution in [0.15, 0.2) is 11.6 Å². The maximum absolute atomic E-state index is 11.1. The van der Waals surface area contributed by atoms with Crippen LogP contribution >= 0.6 is 0 Å². The molecule has 0 radical (unpaired) electrons. The van der Waals surface area contributed by atoms with Gasteiger partial charge in [0, 0.05) is 6.42 Å². The molecule has 0 saturated carbocycles. The fraction of sp³-hybridized carbons (Fsp3) is 0.812. The molecule has 0 saturated heterocycles. The van der Waals surface area contributed by atoms with Crippen LogP contribution in [0.4, 0.5) is 0 Å². The molecule has 0 fully saturated rings. The molecule has 18 heavy (non-hydrogen) atoms. The van der Waals surface area contributed by atoms with Gasteiger partial charge in [0.1, 0.15) is 0 Å². The van der Waals surface area contributed by atoms with Gasteiger partial charge < -0.3 is 4.74 Å². The van der Waals surface area contributed by atoms with Gasteiger partial charge in [0.2, 0.25) is 0 Å². The topological polar surface area (TPSA) is 26.3 Å². The predicted octanol–water partition coefficient (Wildman–Crippen LogP) is 4.88. The maximum Gasteiger partial charge on any atom is 0.305 e. The van der Waals surface area contributed by atoms with Gasteiger partial charge >= 0.3 is 5.97 Å². The molecule has 0 aromatic heterocycles. The second-order valence-electron chi connectivity index (χ2n) is 5.37. The molecular weight excluding hydrogens is 224 g/mol. The smallest absolute Gasteiger partial charge is 0.305 e. The Morgan fingerprint density at radius 1 is 1.17 bits per heavy atom. The minimum atomic E-state index is -0.0471. The zero-order chi connectivity index (χ0) is 13.8. The standard InChI is InChI=1S/C16H30O2/c1-5-18-16(17)13-8-6-7-11-15(4)12-9-10-14(2)3/h10,15H,5-9,11-13H2,1-4H3/t15-/m0/s1. The second-order valence-corrected chi connectivity index (χ2v) is 5.37. The Hall–Kier alpha value is -0.790. The highest BCUT2D eigenvalue weighted by Crippen LogP contribution is 2.16. The summed E-state index contributed by atoms with van der Waals surface area (Å²) in [7, 11) is 0. The van der Waals surface area contributed by atoms with Gasteiger partial charge in [0.05, 0.1) is 6.61 Å². The minimum Gasteiger partial charge on any atom is -0.466 e. The van der Waals surface area contributed by atoms with Crippen LogP contribution in [0.3, 0.4) is 0 Å². The normalized spacial score (nSPS) is 12.0. The first kappa shape index (κ1) is 17.2. The first-order valence-electron chi connectivity index (χ1n) is 7.35. The van der Waals surface area contributed by atoms with E-state index in [-0.39, 0.29) is 5.97 Å². The fourth-order valence-corrected chi connectivity index (χ4v) is 1.97. The number of unbranched alkanes of at least 4 members (excludes halogenated alkanes) is 2. The molecule has 0 amide bonds. The maximum atomic E-state index is 11.1. The van der Waals surface area contributed by atoms with E-state index in [4.69, 9.17) is 4.74 Å². The molecule has 2 heteroatoms. The summed E-state index contributed by atoms with van der Waals surface area (Å²) in [5, 5.41) is 0. The van der Waals surface area contributed by atoms with Crippen molar-refractivity contribution in [1.29, 1.82) is 0 Å². The number of rotatable bonds is 10. The van der Waals surface area contributed by atoms with Crippen molar-refractivity contribution in [3.8, 4) is 0 Å². The zero-order valence-corrected chi connectivity index (χ0v) is 12.6. The van der Waals surface area contributed by atoms with Gasteiger partial charge in [-0.25, -0.2) is 0 Å². The van der Waals surface area contributed by atoms with Gasteiger partial charge in [-0.15, -0.1) is 0 Å². The van der Waals surface area contributed by atoms with E-state index < -0.39 is 0 Å². The highest BCUT2D eigenvalue weighted by Gasteiger charge is 2.03. The van der Waals surface area contributed by atoms with Crippen molar-refractivity contribution < 1.29 is 9.53 Å². The molecular formula is C16H30O2. The van der Waals surface area contributed by atoms with E-state index in [0.29, 0.717) is 13.0 Å². The molecule has 0 heterocycles. The molecule has 0 bridgehead atoms. The molecule has 0 aromatic carbocycles. The molecule has 2 nitrogen and oxygen atoms in total. The summed E-state index contributed by atoms with van der Waals surface area (Å²) >= 11 is 0. The third-order valence-electron chi connectivity index (χ3n) is 3.10. The third kappa shape index (κ3) is 11.7. The Morgan fingerprint density at radius 2 is 1.89 bits per heavy atom. The van der Waals surface area contributed by atoms with Crippen molar-refractivity contribution in [2.75, 3.05) is 6.61 Å². The number of hydrogen-bond acceptors (Lipinski definition) is 2. The molecule has 0 N–H and O–H groups in total. The van der Waals surface area contributed by atoms with E-state index >= 15 is 0 Å². The van der Waals surface area contributed by atoms with E-state index in [2.05, 4.69) is 26.8 Å². The molecule has 0 aromatic rings. The van der Waals surface area contributed by atoms with Crippen LogP contribution < -0.4 is 0 Å². The second kappa shape index (κ2) is 11.3. The van der Waals surface area contributed by atoms with E-state index in [1.54, 1.807) is 0 Å². The van der Waals surface area contributed by atoms with Crippen molar-refractivity contribution in [3.05, 3.63) is 11.6 Å². The highest BCUT2D eigenvalue weighted by molar-refractivity contribution is 5.69. The molecule has 0 aliphatic rings. The molecule has 1 atom stereocenters. The van der Waals surface area contributed by atoms with Crippen molar-refractivity contribution in [2.45, 2.75) is 72.6 Å². The summed E-state index contributed by atoms with van der Waals surface area (Å²) in [4.78, 5) is 11.1. The molecule has 106 valence electrons. The van der Waals surface area contributed by atoms with Gasteiger partial charge in [-0.2, -0.15) is 0 Å². The Bertz CT molecular complexity index is 239. The van der Waals surface area contributed by atoms with Crippen LogP contribution in [0.25, 0.3) is 0 Å². The summed E-state index contributed by atoms with van der Waals surface area (Å²) < 4.78 is 4.90. The van der Waals surface area contributed by atoms with Crippen molar-refractivity contribution in [3.63, 3.8) is 0 Å². The lowest BCUT2D eigenvalue weighted by Crippen LogP contribution is -2.03. The van der Waals surface area contributed by atoms with E-state index in [1.165, 1.54) is 31.3 Å². The van der Waals surface area contributed by atoms with E-state index in [1.807, 2.05) is 6.92 Å². The predicted molar refractivity (Wildman–Crippen MR) is 77.5 cm³/mol. The Morgan fingerprint density at radius 3 is 2.50 bits per heavy atom. The summed E-state index contributed by atoms with van der Waals surface area (Å²) in [5.41, 5.74) is 1.41. The molecule has 0 aliphatic heterocycles. The number of esters is 1. The average molecular weight is 254 g/mol. The van der Waals surface area contributed by atoms with Gasteiger partial charge in [0.25, 0.3) is 0 Å². The first-order valence-corrected chi connectivity index (χ1v) is 7.35. The van der Waals surface area contributed by atoms with Crippen LogP contribution in [0.1, 0.15) is 72.6 Å². The minimum absolute atomic E-state index is 0.0471. The lowest BCUT2D eigenvalue weighted by molar-refractivity contribution is -0.143.